The highest BCUT2D eigenvalue weighted by atomic mass is 16.1. The summed E-state index contributed by atoms with van der Waals surface area (Å²) in [5.41, 5.74) is 4.18. The standard InChI is InChI=1S/C20H22N4O/c1-16-5-2-3-8-19(16)22-10-9-20(25)23-18-7-4-6-17(13-18)14-24-12-11-21-15-24/h2-8,11-13,15,22H,9-10,14H2,1H3,(H,23,25). The molecule has 25 heavy (non-hydrogen) atoms. The van der Waals surface area contributed by atoms with E-state index >= 15 is 0 Å². The van der Waals surface area contributed by atoms with E-state index < -0.39 is 0 Å². The Bertz CT molecular complexity index is 827. The number of aromatic nitrogens is 2. The molecule has 0 aliphatic carbocycles. The van der Waals surface area contributed by atoms with Crippen molar-refractivity contribution in [3.63, 3.8) is 0 Å². The summed E-state index contributed by atoms with van der Waals surface area (Å²) < 4.78 is 1.99. The molecular formula is C20H22N4O. The van der Waals surface area contributed by atoms with Gasteiger partial charge in [-0.2, -0.15) is 0 Å². The molecule has 0 bridgehead atoms. The van der Waals surface area contributed by atoms with Crippen LogP contribution in [0, 0.1) is 6.92 Å². The lowest BCUT2D eigenvalue weighted by Crippen LogP contribution is -2.16. The fourth-order valence-corrected chi connectivity index (χ4v) is 2.64. The summed E-state index contributed by atoms with van der Waals surface area (Å²) in [5.74, 6) is 0.000801. The van der Waals surface area contributed by atoms with Gasteiger partial charge in [-0.3, -0.25) is 4.79 Å². The third kappa shape index (κ3) is 4.94. The van der Waals surface area contributed by atoms with E-state index in [0.717, 1.165) is 23.5 Å². The predicted molar refractivity (Wildman–Crippen MR) is 101 cm³/mol. The number of benzene rings is 2. The Balaban J connectivity index is 1.50. The van der Waals surface area contributed by atoms with Gasteiger partial charge in [-0.25, -0.2) is 4.98 Å². The maximum absolute atomic E-state index is 12.1. The van der Waals surface area contributed by atoms with Crippen LogP contribution in [-0.2, 0) is 11.3 Å². The summed E-state index contributed by atoms with van der Waals surface area (Å²) >= 11 is 0. The zero-order valence-corrected chi connectivity index (χ0v) is 14.3. The Morgan fingerprint density at radius 2 is 2.04 bits per heavy atom. The summed E-state index contributed by atoms with van der Waals surface area (Å²) in [7, 11) is 0. The summed E-state index contributed by atoms with van der Waals surface area (Å²) in [6, 6.07) is 16.0. The number of rotatable bonds is 7. The van der Waals surface area contributed by atoms with Gasteiger partial charge in [-0.05, 0) is 36.2 Å². The van der Waals surface area contributed by atoms with E-state index in [0.29, 0.717) is 13.0 Å². The number of carbonyl (C=O) groups excluding carboxylic acids is 1. The number of para-hydroxylation sites is 1. The van der Waals surface area contributed by atoms with Crippen LogP contribution in [0.3, 0.4) is 0 Å². The van der Waals surface area contributed by atoms with Crippen molar-refractivity contribution in [3.8, 4) is 0 Å². The van der Waals surface area contributed by atoms with Crippen molar-refractivity contribution in [1.29, 1.82) is 0 Å². The fraction of sp³-hybridized carbons (Fsp3) is 0.200. The maximum Gasteiger partial charge on any atom is 0.226 e. The lowest BCUT2D eigenvalue weighted by Gasteiger charge is -2.10. The molecule has 0 saturated heterocycles. The van der Waals surface area contributed by atoms with Crippen LogP contribution in [0.4, 0.5) is 11.4 Å². The number of hydrogen-bond donors (Lipinski definition) is 2. The second kappa shape index (κ2) is 8.15. The normalized spacial score (nSPS) is 10.4. The van der Waals surface area contributed by atoms with Crippen molar-refractivity contribution < 1.29 is 4.79 Å². The molecule has 5 nitrogen and oxygen atoms in total. The van der Waals surface area contributed by atoms with Gasteiger partial charge < -0.3 is 15.2 Å². The number of hydrogen-bond acceptors (Lipinski definition) is 3. The van der Waals surface area contributed by atoms with Crippen LogP contribution in [0.1, 0.15) is 17.5 Å². The average Bonchev–Trinajstić information content (AvgIpc) is 3.10. The molecule has 0 aliphatic heterocycles. The number of aryl methyl sites for hydroxylation is 1. The smallest absolute Gasteiger partial charge is 0.226 e. The molecule has 0 aliphatic rings. The number of nitrogens with zero attached hydrogens (tertiary/aromatic N) is 2. The molecule has 2 aromatic carbocycles. The summed E-state index contributed by atoms with van der Waals surface area (Å²) in [4.78, 5) is 16.2. The SMILES string of the molecule is Cc1ccccc1NCCC(=O)Nc1cccc(Cn2ccnc2)c1. The molecule has 0 spiro atoms. The number of amides is 1. The average molecular weight is 334 g/mol. The van der Waals surface area contributed by atoms with Gasteiger partial charge in [0, 0.05) is 43.3 Å². The van der Waals surface area contributed by atoms with Gasteiger partial charge in [-0.15, -0.1) is 0 Å². The van der Waals surface area contributed by atoms with Crippen LogP contribution in [0.2, 0.25) is 0 Å². The van der Waals surface area contributed by atoms with Crippen molar-refractivity contribution >= 4 is 17.3 Å². The highest BCUT2D eigenvalue weighted by Gasteiger charge is 2.04. The Morgan fingerprint density at radius 3 is 2.84 bits per heavy atom. The van der Waals surface area contributed by atoms with Gasteiger partial charge in [0.05, 0.1) is 6.33 Å². The number of imidazole rings is 1. The van der Waals surface area contributed by atoms with Crippen molar-refractivity contribution in [2.24, 2.45) is 0 Å². The quantitative estimate of drug-likeness (QED) is 0.693. The van der Waals surface area contributed by atoms with Crippen molar-refractivity contribution in [1.82, 2.24) is 9.55 Å². The Hall–Kier alpha value is -3.08. The molecule has 0 fully saturated rings. The van der Waals surface area contributed by atoms with E-state index in [4.69, 9.17) is 0 Å². The highest BCUT2D eigenvalue weighted by molar-refractivity contribution is 5.91. The number of nitrogens with one attached hydrogen (secondary N) is 2. The number of anilines is 2. The molecule has 2 N–H and O–H groups in total. The van der Waals surface area contributed by atoms with Gasteiger partial charge in [0.25, 0.3) is 0 Å². The summed E-state index contributed by atoms with van der Waals surface area (Å²) in [5, 5.41) is 6.26. The molecule has 0 radical (unpaired) electrons. The zero-order valence-electron chi connectivity index (χ0n) is 14.3. The minimum absolute atomic E-state index is 0.000801. The lowest BCUT2D eigenvalue weighted by atomic mass is 10.2. The second-order valence-electron chi connectivity index (χ2n) is 5.98. The first-order valence-corrected chi connectivity index (χ1v) is 8.35. The van der Waals surface area contributed by atoms with Crippen LogP contribution < -0.4 is 10.6 Å². The third-order valence-corrected chi connectivity index (χ3v) is 3.95. The van der Waals surface area contributed by atoms with Crippen molar-refractivity contribution in [2.75, 3.05) is 17.2 Å². The van der Waals surface area contributed by atoms with Crippen LogP contribution in [0.25, 0.3) is 0 Å². The van der Waals surface area contributed by atoms with Crippen LogP contribution >= 0.6 is 0 Å². The highest BCUT2D eigenvalue weighted by Crippen LogP contribution is 2.14. The minimum atomic E-state index is 0.000801. The Kier molecular flexibility index (Phi) is 5.46. The van der Waals surface area contributed by atoms with E-state index in [1.54, 1.807) is 12.5 Å². The molecular weight excluding hydrogens is 312 g/mol. The molecule has 3 aromatic rings. The lowest BCUT2D eigenvalue weighted by molar-refractivity contribution is -0.115. The van der Waals surface area contributed by atoms with E-state index in [1.165, 1.54) is 5.56 Å². The first-order chi connectivity index (χ1) is 12.2. The summed E-state index contributed by atoms with van der Waals surface area (Å²) in [6.45, 7) is 3.39. The van der Waals surface area contributed by atoms with Gasteiger partial charge >= 0.3 is 0 Å². The molecule has 1 aromatic heterocycles. The Morgan fingerprint density at radius 1 is 1.16 bits per heavy atom. The maximum atomic E-state index is 12.1. The van der Waals surface area contributed by atoms with Crippen LogP contribution in [0.15, 0.2) is 67.3 Å². The third-order valence-electron chi connectivity index (χ3n) is 3.95. The molecule has 3 rings (SSSR count). The monoisotopic (exact) mass is 334 g/mol. The van der Waals surface area contributed by atoms with Gasteiger partial charge in [0.1, 0.15) is 0 Å². The zero-order chi connectivity index (χ0) is 17.5. The van der Waals surface area contributed by atoms with Crippen LogP contribution in [0.5, 0.6) is 0 Å². The van der Waals surface area contributed by atoms with Crippen molar-refractivity contribution in [3.05, 3.63) is 78.4 Å². The van der Waals surface area contributed by atoms with E-state index in [2.05, 4.69) is 15.6 Å². The molecule has 0 saturated carbocycles. The minimum Gasteiger partial charge on any atom is -0.384 e. The van der Waals surface area contributed by atoms with Crippen LogP contribution in [-0.4, -0.2) is 22.0 Å². The predicted octanol–water partition coefficient (Wildman–Crippen LogP) is 3.68. The topological polar surface area (TPSA) is 59.0 Å². The summed E-state index contributed by atoms with van der Waals surface area (Å²) in [6.07, 6.45) is 5.87. The fourth-order valence-electron chi connectivity index (χ4n) is 2.64. The van der Waals surface area contributed by atoms with E-state index in [-0.39, 0.29) is 5.91 Å². The van der Waals surface area contributed by atoms with Gasteiger partial charge in [0.2, 0.25) is 5.91 Å². The number of carbonyl (C=O) groups is 1. The van der Waals surface area contributed by atoms with Gasteiger partial charge in [-0.1, -0.05) is 30.3 Å². The van der Waals surface area contributed by atoms with E-state index in [9.17, 15) is 4.79 Å². The van der Waals surface area contributed by atoms with Crippen molar-refractivity contribution in [2.45, 2.75) is 19.9 Å². The van der Waals surface area contributed by atoms with E-state index in [1.807, 2.05) is 66.2 Å². The largest absolute Gasteiger partial charge is 0.384 e. The second-order valence-corrected chi connectivity index (χ2v) is 5.98. The first-order valence-electron chi connectivity index (χ1n) is 8.35. The van der Waals surface area contributed by atoms with Gasteiger partial charge in [0.15, 0.2) is 0 Å². The Labute approximate surface area is 147 Å². The molecule has 1 heterocycles. The molecule has 0 atom stereocenters. The molecule has 0 unspecified atom stereocenters. The molecule has 128 valence electrons. The molecule has 5 heteroatoms. The molecule has 1 amide bonds. The first kappa shape index (κ1) is 16.8.